The zero-order chi connectivity index (χ0) is 13.4. The van der Waals surface area contributed by atoms with Gasteiger partial charge in [-0.15, -0.1) is 0 Å². The van der Waals surface area contributed by atoms with Crippen molar-refractivity contribution in [2.24, 2.45) is 0 Å². The maximum atomic E-state index is 8.65. The third-order valence-electron chi connectivity index (χ3n) is 2.69. The molecule has 18 heavy (non-hydrogen) atoms. The van der Waals surface area contributed by atoms with Gasteiger partial charge in [0, 0.05) is 25.7 Å². The van der Waals surface area contributed by atoms with Crippen LogP contribution in [-0.4, -0.2) is 30.1 Å². The number of aromatic nitrogens is 2. The standard InChI is InChI=1S/C13H21N5/c1-4-7-11-12(15-5-2)16-10-17-13(11)18(3)9-6-8-14/h10H,4-7,9H2,1-3H3,(H,15,16,17). The zero-order valence-corrected chi connectivity index (χ0v) is 11.4. The van der Waals surface area contributed by atoms with E-state index in [2.05, 4.69) is 35.2 Å². The summed E-state index contributed by atoms with van der Waals surface area (Å²) in [6.45, 7) is 5.73. The Balaban J connectivity index is 3.01. The predicted molar refractivity (Wildman–Crippen MR) is 73.7 cm³/mol. The molecule has 5 nitrogen and oxygen atoms in total. The molecule has 0 amide bonds. The van der Waals surface area contributed by atoms with Crippen molar-refractivity contribution in [3.05, 3.63) is 11.9 Å². The smallest absolute Gasteiger partial charge is 0.137 e. The average molecular weight is 247 g/mol. The van der Waals surface area contributed by atoms with Crippen molar-refractivity contribution in [3.8, 4) is 6.07 Å². The average Bonchev–Trinajstić information content (AvgIpc) is 2.38. The normalized spacial score (nSPS) is 9.89. The summed E-state index contributed by atoms with van der Waals surface area (Å²) in [6, 6.07) is 2.16. The lowest BCUT2D eigenvalue weighted by molar-refractivity contribution is 0.838. The molecule has 0 atom stereocenters. The number of hydrogen-bond donors (Lipinski definition) is 1. The van der Waals surface area contributed by atoms with Crippen molar-refractivity contribution >= 4 is 11.6 Å². The van der Waals surface area contributed by atoms with E-state index in [1.165, 1.54) is 0 Å². The third kappa shape index (κ3) is 3.59. The Bertz CT molecular complexity index is 410. The van der Waals surface area contributed by atoms with E-state index in [1.807, 2.05) is 11.9 Å². The molecule has 1 aromatic rings. The van der Waals surface area contributed by atoms with Crippen molar-refractivity contribution in [2.75, 3.05) is 30.4 Å². The van der Waals surface area contributed by atoms with E-state index in [-0.39, 0.29) is 0 Å². The minimum absolute atomic E-state index is 0.503. The fourth-order valence-electron chi connectivity index (χ4n) is 1.86. The van der Waals surface area contributed by atoms with Crippen molar-refractivity contribution in [1.29, 1.82) is 5.26 Å². The summed E-state index contributed by atoms with van der Waals surface area (Å²) in [6.07, 6.45) is 4.07. The van der Waals surface area contributed by atoms with Crippen LogP contribution in [0.4, 0.5) is 11.6 Å². The van der Waals surface area contributed by atoms with Gasteiger partial charge in [0.1, 0.15) is 18.0 Å². The highest BCUT2D eigenvalue weighted by atomic mass is 15.2. The van der Waals surface area contributed by atoms with Gasteiger partial charge in [-0.2, -0.15) is 5.26 Å². The highest BCUT2D eigenvalue weighted by Crippen LogP contribution is 2.24. The lowest BCUT2D eigenvalue weighted by Gasteiger charge is -2.21. The summed E-state index contributed by atoms with van der Waals surface area (Å²) < 4.78 is 0. The Morgan fingerprint density at radius 1 is 1.39 bits per heavy atom. The Morgan fingerprint density at radius 3 is 2.78 bits per heavy atom. The molecule has 1 aromatic heterocycles. The molecule has 0 fully saturated rings. The molecule has 98 valence electrons. The summed E-state index contributed by atoms with van der Waals surface area (Å²) in [5.74, 6) is 1.84. The lowest BCUT2D eigenvalue weighted by Crippen LogP contribution is -2.22. The van der Waals surface area contributed by atoms with Crippen LogP contribution in [0.5, 0.6) is 0 Å². The summed E-state index contributed by atoms with van der Waals surface area (Å²) in [7, 11) is 1.97. The largest absolute Gasteiger partial charge is 0.370 e. The van der Waals surface area contributed by atoms with Gasteiger partial charge in [-0.05, 0) is 13.3 Å². The van der Waals surface area contributed by atoms with Crippen LogP contribution in [-0.2, 0) is 6.42 Å². The highest BCUT2D eigenvalue weighted by molar-refractivity contribution is 5.58. The van der Waals surface area contributed by atoms with E-state index in [4.69, 9.17) is 5.26 Å². The number of nitriles is 1. The lowest BCUT2D eigenvalue weighted by atomic mass is 10.1. The minimum atomic E-state index is 0.503. The van der Waals surface area contributed by atoms with Crippen molar-refractivity contribution in [1.82, 2.24) is 9.97 Å². The second kappa shape index (κ2) is 7.49. The van der Waals surface area contributed by atoms with Crippen LogP contribution < -0.4 is 10.2 Å². The molecule has 0 aliphatic rings. The van der Waals surface area contributed by atoms with Crippen LogP contribution in [0.3, 0.4) is 0 Å². The summed E-state index contributed by atoms with van der Waals surface area (Å²) in [5.41, 5.74) is 1.14. The molecule has 1 rings (SSSR count). The Hall–Kier alpha value is -1.83. The first-order chi connectivity index (χ1) is 8.74. The molecule has 1 heterocycles. The molecule has 0 radical (unpaired) electrons. The summed E-state index contributed by atoms with van der Waals surface area (Å²) in [5, 5.41) is 11.9. The van der Waals surface area contributed by atoms with Gasteiger partial charge in [-0.25, -0.2) is 9.97 Å². The van der Waals surface area contributed by atoms with Crippen molar-refractivity contribution in [3.63, 3.8) is 0 Å². The maximum absolute atomic E-state index is 8.65. The van der Waals surface area contributed by atoms with Crippen molar-refractivity contribution < 1.29 is 0 Å². The monoisotopic (exact) mass is 247 g/mol. The van der Waals surface area contributed by atoms with E-state index < -0.39 is 0 Å². The van der Waals surface area contributed by atoms with E-state index in [0.29, 0.717) is 13.0 Å². The predicted octanol–water partition coefficient (Wildman–Crippen LogP) is 2.21. The number of nitrogens with one attached hydrogen (secondary N) is 1. The van der Waals surface area contributed by atoms with Crippen molar-refractivity contribution in [2.45, 2.75) is 33.1 Å². The fourth-order valence-corrected chi connectivity index (χ4v) is 1.86. The van der Waals surface area contributed by atoms with Crippen LogP contribution in [0.25, 0.3) is 0 Å². The number of nitrogens with zero attached hydrogens (tertiary/aromatic N) is 4. The number of anilines is 2. The van der Waals surface area contributed by atoms with E-state index in [0.717, 1.165) is 36.6 Å². The number of hydrogen-bond acceptors (Lipinski definition) is 5. The Labute approximate surface area is 109 Å². The number of rotatable bonds is 7. The van der Waals surface area contributed by atoms with Crippen LogP contribution in [0.2, 0.25) is 0 Å². The van der Waals surface area contributed by atoms with Gasteiger partial charge in [0.25, 0.3) is 0 Å². The SMILES string of the molecule is CCCc1c(NCC)ncnc1N(C)CCC#N. The molecular weight excluding hydrogens is 226 g/mol. The maximum Gasteiger partial charge on any atom is 0.137 e. The molecule has 0 saturated heterocycles. The van der Waals surface area contributed by atoms with E-state index >= 15 is 0 Å². The molecule has 0 aromatic carbocycles. The molecule has 5 heteroatoms. The third-order valence-corrected chi connectivity index (χ3v) is 2.69. The van der Waals surface area contributed by atoms with Gasteiger partial charge >= 0.3 is 0 Å². The van der Waals surface area contributed by atoms with Gasteiger partial charge in [-0.1, -0.05) is 13.3 Å². The second-order valence-corrected chi connectivity index (χ2v) is 4.13. The van der Waals surface area contributed by atoms with Crippen LogP contribution >= 0.6 is 0 Å². The minimum Gasteiger partial charge on any atom is -0.370 e. The van der Waals surface area contributed by atoms with Gasteiger partial charge in [0.15, 0.2) is 0 Å². The molecule has 0 aliphatic carbocycles. The molecule has 0 spiro atoms. The molecule has 0 saturated carbocycles. The summed E-state index contributed by atoms with van der Waals surface area (Å²) in [4.78, 5) is 10.7. The van der Waals surface area contributed by atoms with Crippen LogP contribution in [0.1, 0.15) is 32.3 Å². The first-order valence-electron chi connectivity index (χ1n) is 6.40. The molecule has 1 N–H and O–H groups in total. The molecule has 0 unspecified atom stereocenters. The quantitative estimate of drug-likeness (QED) is 0.800. The topological polar surface area (TPSA) is 64.8 Å². The van der Waals surface area contributed by atoms with E-state index in [9.17, 15) is 0 Å². The van der Waals surface area contributed by atoms with Gasteiger partial charge < -0.3 is 10.2 Å². The van der Waals surface area contributed by atoms with Crippen LogP contribution in [0.15, 0.2) is 6.33 Å². The van der Waals surface area contributed by atoms with Gasteiger partial charge in [-0.3, -0.25) is 0 Å². The first-order valence-corrected chi connectivity index (χ1v) is 6.40. The van der Waals surface area contributed by atoms with Crippen LogP contribution in [0, 0.1) is 11.3 Å². The molecular formula is C13H21N5. The second-order valence-electron chi connectivity index (χ2n) is 4.13. The van der Waals surface area contributed by atoms with Gasteiger partial charge in [0.2, 0.25) is 0 Å². The van der Waals surface area contributed by atoms with E-state index in [1.54, 1.807) is 6.33 Å². The molecule has 0 aliphatic heterocycles. The fraction of sp³-hybridized carbons (Fsp3) is 0.615. The first kappa shape index (κ1) is 14.2. The molecule has 0 bridgehead atoms. The highest BCUT2D eigenvalue weighted by Gasteiger charge is 2.13. The Kier molecular flexibility index (Phi) is 5.92. The van der Waals surface area contributed by atoms with Gasteiger partial charge in [0.05, 0.1) is 12.5 Å². The Morgan fingerprint density at radius 2 is 2.17 bits per heavy atom. The summed E-state index contributed by atoms with van der Waals surface area (Å²) >= 11 is 0. The zero-order valence-electron chi connectivity index (χ0n) is 11.4.